The molecule has 1 aromatic rings. The third-order valence-corrected chi connectivity index (χ3v) is 3.74. The summed E-state index contributed by atoms with van der Waals surface area (Å²) in [7, 11) is 0. The Morgan fingerprint density at radius 3 is 2.29 bits per heavy atom. The summed E-state index contributed by atoms with van der Waals surface area (Å²) in [5.41, 5.74) is 0.349. The molecule has 0 amide bonds. The number of nitrogens with zero attached hydrogens (tertiary/aromatic N) is 2. The minimum atomic E-state index is 0.218. The topological polar surface area (TPSA) is 54.9 Å². The van der Waals surface area contributed by atoms with Gasteiger partial charge >= 0.3 is 0 Å². The minimum Gasteiger partial charge on any atom is -0.369 e. The van der Waals surface area contributed by atoms with Gasteiger partial charge in [0.1, 0.15) is 16.8 Å². The zero-order valence-corrected chi connectivity index (χ0v) is 13.9. The zero-order valence-electron chi connectivity index (χ0n) is 13.1. The van der Waals surface area contributed by atoms with Gasteiger partial charge in [0, 0.05) is 6.54 Å². The summed E-state index contributed by atoms with van der Waals surface area (Å²) in [5, 5.41) is 3.41. The number of aldehydes is 1. The highest BCUT2D eigenvalue weighted by Gasteiger charge is 2.10. The molecule has 0 aliphatic carbocycles. The summed E-state index contributed by atoms with van der Waals surface area (Å²) >= 11 is 5.94. The minimum absolute atomic E-state index is 0.218. The molecule has 1 N–H and O–H groups in total. The smallest absolute Gasteiger partial charge is 0.156 e. The Kier molecular flexibility index (Phi) is 8.99. The number of anilines is 1. The Balaban J connectivity index is 2.22. The Labute approximate surface area is 132 Å². The lowest BCUT2D eigenvalue weighted by atomic mass is 10.1. The first kappa shape index (κ1) is 17.9. The van der Waals surface area contributed by atoms with E-state index in [1.807, 2.05) is 0 Å². The highest BCUT2D eigenvalue weighted by molar-refractivity contribution is 6.32. The van der Waals surface area contributed by atoms with E-state index in [0.717, 1.165) is 13.0 Å². The molecular formula is C16H26ClN3O. The van der Waals surface area contributed by atoms with Crippen molar-refractivity contribution in [2.45, 2.75) is 65.2 Å². The van der Waals surface area contributed by atoms with Crippen LogP contribution >= 0.6 is 11.6 Å². The lowest BCUT2D eigenvalue weighted by Gasteiger charge is -2.09. The molecule has 0 fully saturated rings. The van der Waals surface area contributed by atoms with E-state index >= 15 is 0 Å². The molecule has 0 aliphatic heterocycles. The van der Waals surface area contributed by atoms with Crippen LogP contribution in [-0.4, -0.2) is 22.8 Å². The van der Waals surface area contributed by atoms with Crippen LogP contribution in [0.4, 0.5) is 5.82 Å². The standard InChI is InChI=1S/C16H26ClN3O/c1-3-4-5-6-7-8-9-10-11-18-16-14(12-21)15(17)19-13(2)20-16/h12H,3-11H2,1-2H3,(H,18,19,20). The van der Waals surface area contributed by atoms with Crippen molar-refractivity contribution in [3.8, 4) is 0 Å². The number of carbonyl (C=O) groups excluding carboxylic acids is 1. The average molecular weight is 312 g/mol. The molecule has 21 heavy (non-hydrogen) atoms. The fourth-order valence-electron chi connectivity index (χ4n) is 2.25. The van der Waals surface area contributed by atoms with E-state index in [-0.39, 0.29) is 5.15 Å². The van der Waals surface area contributed by atoms with Crippen molar-refractivity contribution in [3.05, 3.63) is 16.5 Å². The van der Waals surface area contributed by atoms with Crippen LogP contribution in [0.5, 0.6) is 0 Å². The van der Waals surface area contributed by atoms with Gasteiger partial charge in [-0.3, -0.25) is 4.79 Å². The number of rotatable bonds is 11. The maximum absolute atomic E-state index is 11.0. The Hall–Kier alpha value is -1.16. The maximum atomic E-state index is 11.0. The molecule has 0 saturated carbocycles. The number of unbranched alkanes of at least 4 members (excludes halogenated alkanes) is 7. The van der Waals surface area contributed by atoms with Crippen LogP contribution < -0.4 is 5.32 Å². The molecule has 1 rings (SSSR count). The number of aromatic nitrogens is 2. The molecule has 5 heteroatoms. The first-order valence-electron chi connectivity index (χ1n) is 7.92. The van der Waals surface area contributed by atoms with E-state index in [1.54, 1.807) is 6.92 Å². The van der Waals surface area contributed by atoms with Crippen LogP contribution in [0.2, 0.25) is 5.15 Å². The second kappa shape index (κ2) is 10.6. The van der Waals surface area contributed by atoms with Gasteiger partial charge in [0.15, 0.2) is 6.29 Å². The number of nitrogens with one attached hydrogen (secondary N) is 1. The van der Waals surface area contributed by atoms with E-state index in [2.05, 4.69) is 22.2 Å². The van der Waals surface area contributed by atoms with Crippen LogP contribution in [0.25, 0.3) is 0 Å². The molecule has 4 nitrogen and oxygen atoms in total. The quantitative estimate of drug-likeness (QED) is 0.362. The van der Waals surface area contributed by atoms with Crippen LogP contribution in [0.15, 0.2) is 0 Å². The molecule has 0 spiro atoms. The number of hydrogen-bond donors (Lipinski definition) is 1. The highest BCUT2D eigenvalue weighted by atomic mass is 35.5. The molecule has 118 valence electrons. The third-order valence-electron chi connectivity index (χ3n) is 3.45. The molecule has 0 radical (unpaired) electrons. The zero-order chi connectivity index (χ0) is 15.5. The van der Waals surface area contributed by atoms with Gasteiger partial charge < -0.3 is 5.32 Å². The summed E-state index contributed by atoms with van der Waals surface area (Å²) < 4.78 is 0. The Bertz CT molecular complexity index is 438. The van der Waals surface area contributed by atoms with Crippen LogP contribution in [0, 0.1) is 6.92 Å². The van der Waals surface area contributed by atoms with Gasteiger partial charge in [-0.25, -0.2) is 9.97 Å². The van der Waals surface area contributed by atoms with E-state index in [1.165, 1.54) is 44.9 Å². The lowest BCUT2D eigenvalue weighted by molar-refractivity contribution is 0.112. The van der Waals surface area contributed by atoms with Gasteiger partial charge in [-0.15, -0.1) is 0 Å². The van der Waals surface area contributed by atoms with Crippen LogP contribution in [0.3, 0.4) is 0 Å². The number of aryl methyl sites for hydroxylation is 1. The van der Waals surface area contributed by atoms with E-state index < -0.39 is 0 Å². The van der Waals surface area contributed by atoms with Crippen molar-refractivity contribution in [1.82, 2.24) is 9.97 Å². The molecule has 1 aromatic heterocycles. The molecule has 0 saturated heterocycles. The predicted molar refractivity (Wildman–Crippen MR) is 88.3 cm³/mol. The molecular weight excluding hydrogens is 286 g/mol. The number of hydrogen-bond acceptors (Lipinski definition) is 4. The summed E-state index contributed by atoms with van der Waals surface area (Å²) in [6, 6.07) is 0. The molecule has 0 aliphatic rings. The van der Waals surface area contributed by atoms with E-state index in [0.29, 0.717) is 23.5 Å². The van der Waals surface area contributed by atoms with Crippen molar-refractivity contribution in [2.75, 3.05) is 11.9 Å². The summed E-state index contributed by atoms with van der Waals surface area (Å²) in [6.07, 6.45) is 10.9. The number of carbonyl (C=O) groups is 1. The Morgan fingerprint density at radius 2 is 1.67 bits per heavy atom. The van der Waals surface area contributed by atoms with Gasteiger partial charge in [0.2, 0.25) is 0 Å². The van der Waals surface area contributed by atoms with Crippen molar-refractivity contribution in [3.63, 3.8) is 0 Å². The largest absolute Gasteiger partial charge is 0.369 e. The van der Waals surface area contributed by atoms with Crippen LogP contribution in [-0.2, 0) is 0 Å². The van der Waals surface area contributed by atoms with Gasteiger partial charge in [0.25, 0.3) is 0 Å². The van der Waals surface area contributed by atoms with Crippen molar-refractivity contribution < 1.29 is 4.79 Å². The maximum Gasteiger partial charge on any atom is 0.156 e. The fourth-order valence-corrected chi connectivity index (χ4v) is 2.51. The van der Waals surface area contributed by atoms with Gasteiger partial charge in [0.05, 0.1) is 5.56 Å². The first-order valence-corrected chi connectivity index (χ1v) is 8.30. The first-order chi connectivity index (χ1) is 10.2. The summed E-state index contributed by atoms with van der Waals surface area (Å²) in [4.78, 5) is 19.2. The molecule has 0 bridgehead atoms. The Morgan fingerprint density at radius 1 is 1.05 bits per heavy atom. The second-order valence-corrected chi connectivity index (χ2v) is 5.70. The van der Waals surface area contributed by atoms with Crippen molar-refractivity contribution in [1.29, 1.82) is 0 Å². The van der Waals surface area contributed by atoms with E-state index in [4.69, 9.17) is 11.6 Å². The molecule has 0 unspecified atom stereocenters. The van der Waals surface area contributed by atoms with Crippen molar-refractivity contribution in [2.24, 2.45) is 0 Å². The molecule has 0 atom stereocenters. The molecule has 0 aromatic carbocycles. The normalized spacial score (nSPS) is 10.6. The van der Waals surface area contributed by atoms with E-state index in [9.17, 15) is 4.79 Å². The SMILES string of the molecule is CCCCCCCCCCNc1nc(C)nc(Cl)c1C=O. The van der Waals surface area contributed by atoms with Gasteiger partial charge in [-0.2, -0.15) is 0 Å². The van der Waals surface area contributed by atoms with Gasteiger partial charge in [-0.05, 0) is 13.3 Å². The van der Waals surface area contributed by atoms with Gasteiger partial charge in [-0.1, -0.05) is 63.5 Å². The average Bonchev–Trinajstić information content (AvgIpc) is 2.45. The van der Waals surface area contributed by atoms with Crippen molar-refractivity contribution >= 4 is 23.7 Å². The monoisotopic (exact) mass is 311 g/mol. The number of halogens is 1. The summed E-state index contributed by atoms with van der Waals surface area (Å²) in [5.74, 6) is 1.12. The predicted octanol–water partition coefficient (Wildman–Crippen LogP) is 4.80. The third kappa shape index (κ3) is 6.89. The second-order valence-electron chi connectivity index (χ2n) is 5.34. The lowest BCUT2D eigenvalue weighted by Crippen LogP contribution is -2.08. The van der Waals surface area contributed by atoms with Crippen LogP contribution in [0.1, 0.15) is 74.5 Å². The summed E-state index contributed by atoms with van der Waals surface area (Å²) in [6.45, 7) is 4.81. The fraction of sp³-hybridized carbons (Fsp3) is 0.688. The molecule has 1 heterocycles. The highest BCUT2D eigenvalue weighted by Crippen LogP contribution is 2.19.